The largest absolute Gasteiger partial charge is 0.454 e. The summed E-state index contributed by atoms with van der Waals surface area (Å²) in [6, 6.07) is 15.3. The minimum atomic E-state index is -4.03. The lowest BCUT2D eigenvalue weighted by molar-refractivity contribution is 0.0474. The van der Waals surface area contributed by atoms with Crippen molar-refractivity contribution in [3.63, 3.8) is 0 Å². The molecule has 1 aliphatic heterocycles. The normalized spacial score (nSPS) is 13.0. The van der Waals surface area contributed by atoms with Crippen LogP contribution in [0.4, 0.5) is 5.69 Å². The highest BCUT2D eigenvalue weighted by Crippen LogP contribution is 2.35. The Morgan fingerprint density at radius 2 is 1.67 bits per heavy atom. The number of rotatable bonds is 6. The SMILES string of the molecule is O=C(OCC(=O)c1cc(Cl)ccc1Cl)c1ccc(Cl)c(S(=O)(=O)N2CCc3ccccc32)c1. The third-order valence-corrected chi connectivity index (χ3v) is 8.00. The van der Waals surface area contributed by atoms with Crippen LogP contribution in [0.15, 0.2) is 65.6 Å². The maximum atomic E-state index is 13.3. The van der Waals surface area contributed by atoms with E-state index in [-0.39, 0.29) is 32.6 Å². The summed E-state index contributed by atoms with van der Waals surface area (Å²) in [6.07, 6.45) is 0.572. The monoisotopic (exact) mass is 523 g/mol. The zero-order valence-corrected chi connectivity index (χ0v) is 20.0. The molecule has 4 rings (SSSR count). The summed E-state index contributed by atoms with van der Waals surface area (Å²) >= 11 is 18.1. The lowest BCUT2D eigenvalue weighted by Gasteiger charge is -2.20. The molecular formula is C23H16Cl3NO5S. The van der Waals surface area contributed by atoms with Crippen LogP contribution in [0.1, 0.15) is 26.3 Å². The van der Waals surface area contributed by atoms with Crippen LogP contribution in [-0.4, -0.2) is 33.3 Å². The molecule has 0 N–H and O–H groups in total. The van der Waals surface area contributed by atoms with Gasteiger partial charge in [-0.1, -0.05) is 53.0 Å². The third-order valence-electron chi connectivity index (χ3n) is 5.14. The number of benzene rings is 3. The van der Waals surface area contributed by atoms with Crippen LogP contribution in [0.3, 0.4) is 0 Å². The molecule has 0 unspecified atom stereocenters. The van der Waals surface area contributed by atoms with Crippen LogP contribution < -0.4 is 4.31 Å². The van der Waals surface area contributed by atoms with E-state index in [0.29, 0.717) is 17.1 Å². The van der Waals surface area contributed by atoms with Crippen LogP contribution in [-0.2, 0) is 21.2 Å². The molecule has 6 nitrogen and oxygen atoms in total. The number of hydrogen-bond donors (Lipinski definition) is 0. The first-order valence-corrected chi connectivity index (χ1v) is 12.3. The van der Waals surface area contributed by atoms with E-state index in [4.69, 9.17) is 39.5 Å². The molecule has 3 aromatic carbocycles. The number of carbonyl (C=O) groups is 2. The van der Waals surface area contributed by atoms with E-state index in [9.17, 15) is 18.0 Å². The Morgan fingerprint density at radius 3 is 2.45 bits per heavy atom. The van der Waals surface area contributed by atoms with Gasteiger partial charge in [-0.3, -0.25) is 9.10 Å². The number of halogens is 3. The first-order valence-electron chi connectivity index (χ1n) is 9.74. The van der Waals surface area contributed by atoms with E-state index in [1.807, 2.05) is 12.1 Å². The van der Waals surface area contributed by atoms with E-state index >= 15 is 0 Å². The number of ketones is 1. The van der Waals surface area contributed by atoms with Crippen molar-refractivity contribution >= 4 is 62.3 Å². The van der Waals surface area contributed by atoms with Crippen LogP contribution in [0.5, 0.6) is 0 Å². The summed E-state index contributed by atoms with van der Waals surface area (Å²) in [7, 11) is -4.03. The predicted molar refractivity (Wildman–Crippen MR) is 127 cm³/mol. The number of nitrogens with zero attached hydrogens (tertiary/aromatic N) is 1. The lowest BCUT2D eigenvalue weighted by atomic mass is 10.1. The highest BCUT2D eigenvalue weighted by Gasteiger charge is 2.32. The summed E-state index contributed by atoms with van der Waals surface area (Å²) < 4.78 is 33.0. The first kappa shape index (κ1) is 23.6. The van der Waals surface area contributed by atoms with E-state index in [2.05, 4.69) is 0 Å². The summed E-state index contributed by atoms with van der Waals surface area (Å²) in [6.45, 7) is -0.329. The molecule has 0 spiro atoms. The summed E-state index contributed by atoms with van der Waals surface area (Å²) in [5.74, 6) is -1.43. The fourth-order valence-electron chi connectivity index (χ4n) is 3.51. The maximum Gasteiger partial charge on any atom is 0.338 e. The molecule has 0 saturated heterocycles. The van der Waals surface area contributed by atoms with Gasteiger partial charge < -0.3 is 4.74 Å². The zero-order valence-electron chi connectivity index (χ0n) is 16.9. The standard InChI is InChI=1S/C23H16Cl3NO5S/c24-16-6-8-18(25)17(12-16)21(28)13-32-23(29)15-5-7-19(26)22(11-15)33(30,31)27-10-9-14-3-1-2-4-20(14)27/h1-8,11-12H,9-10,13H2. The Hall–Kier alpha value is -2.58. The summed E-state index contributed by atoms with van der Waals surface area (Å²) in [5, 5.41) is 0.453. The van der Waals surface area contributed by atoms with Crippen molar-refractivity contribution in [3.05, 3.63) is 92.4 Å². The van der Waals surface area contributed by atoms with Crippen LogP contribution in [0, 0.1) is 0 Å². The molecule has 10 heteroatoms. The van der Waals surface area contributed by atoms with Crippen molar-refractivity contribution in [2.24, 2.45) is 0 Å². The first-order chi connectivity index (χ1) is 15.7. The minimum absolute atomic E-state index is 0.0299. The molecule has 33 heavy (non-hydrogen) atoms. The second kappa shape index (κ2) is 9.35. The van der Waals surface area contributed by atoms with E-state index in [1.54, 1.807) is 12.1 Å². The molecule has 0 bridgehead atoms. The van der Waals surface area contributed by atoms with Crippen LogP contribution in [0.25, 0.3) is 0 Å². The average molecular weight is 525 g/mol. The number of Topliss-reactive ketones (excluding diaryl/α,β-unsaturated/α-hetero) is 1. The van der Waals surface area contributed by atoms with Gasteiger partial charge in [0.25, 0.3) is 10.0 Å². The van der Waals surface area contributed by atoms with E-state index < -0.39 is 28.4 Å². The molecule has 3 aromatic rings. The van der Waals surface area contributed by atoms with Gasteiger partial charge in [0, 0.05) is 17.1 Å². The van der Waals surface area contributed by atoms with Gasteiger partial charge in [-0.05, 0) is 54.4 Å². The topological polar surface area (TPSA) is 80.8 Å². The second-order valence-corrected chi connectivity index (χ2v) is 10.3. The molecule has 0 radical (unpaired) electrons. The van der Waals surface area contributed by atoms with Crippen molar-refractivity contribution in [1.82, 2.24) is 0 Å². The molecule has 0 aromatic heterocycles. The summed E-state index contributed by atoms with van der Waals surface area (Å²) in [5.41, 5.74) is 1.54. The number of para-hydroxylation sites is 1. The number of sulfonamides is 1. The van der Waals surface area contributed by atoms with Gasteiger partial charge in [0.1, 0.15) is 4.90 Å². The molecule has 1 heterocycles. The molecule has 0 atom stereocenters. The molecule has 0 saturated carbocycles. The smallest absolute Gasteiger partial charge is 0.338 e. The summed E-state index contributed by atoms with van der Waals surface area (Å²) in [4.78, 5) is 24.7. The van der Waals surface area contributed by atoms with Crippen molar-refractivity contribution in [2.45, 2.75) is 11.3 Å². The number of esters is 1. The van der Waals surface area contributed by atoms with Crippen molar-refractivity contribution in [1.29, 1.82) is 0 Å². The predicted octanol–water partition coefficient (Wildman–Crippen LogP) is 5.44. The van der Waals surface area contributed by atoms with Gasteiger partial charge in [0.15, 0.2) is 6.61 Å². The second-order valence-electron chi connectivity index (χ2n) is 7.22. The van der Waals surface area contributed by atoms with Crippen LogP contribution in [0.2, 0.25) is 15.1 Å². The minimum Gasteiger partial charge on any atom is -0.454 e. The van der Waals surface area contributed by atoms with E-state index in [1.165, 1.54) is 34.6 Å². The van der Waals surface area contributed by atoms with Crippen LogP contribution >= 0.6 is 34.8 Å². The fourth-order valence-corrected chi connectivity index (χ4v) is 5.91. The number of hydrogen-bond acceptors (Lipinski definition) is 5. The number of anilines is 1. The van der Waals surface area contributed by atoms with Gasteiger partial charge in [-0.25, -0.2) is 13.2 Å². The maximum absolute atomic E-state index is 13.3. The Kier molecular flexibility index (Phi) is 6.68. The Morgan fingerprint density at radius 1 is 0.939 bits per heavy atom. The van der Waals surface area contributed by atoms with Crippen molar-refractivity contribution in [2.75, 3.05) is 17.5 Å². The molecular weight excluding hydrogens is 509 g/mol. The Bertz CT molecular complexity index is 1370. The Balaban J connectivity index is 1.55. The fraction of sp³-hybridized carbons (Fsp3) is 0.130. The quantitative estimate of drug-likeness (QED) is 0.317. The van der Waals surface area contributed by atoms with E-state index in [0.717, 1.165) is 11.6 Å². The zero-order chi connectivity index (χ0) is 23.8. The van der Waals surface area contributed by atoms with Crippen molar-refractivity contribution < 1.29 is 22.7 Å². The number of carbonyl (C=O) groups excluding carboxylic acids is 2. The highest BCUT2D eigenvalue weighted by molar-refractivity contribution is 7.93. The third kappa shape index (κ3) is 4.73. The molecule has 170 valence electrons. The van der Waals surface area contributed by atoms with Gasteiger partial charge in [0.05, 0.1) is 21.3 Å². The highest BCUT2D eigenvalue weighted by atomic mass is 35.5. The average Bonchev–Trinajstić information content (AvgIpc) is 3.24. The lowest BCUT2D eigenvalue weighted by Crippen LogP contribution is -2.29. The van der Waals surface area contributed by atoms with Gasteiger partial charge in [-0.15, -0.1) is 0 Å². The molecule has 1 aliphatic rings. The van der Waals surface area contributed by atoms with Gasteiger partial charge in [0.2, 0.25) is 5.78 Å². The molecule has 0 amide bonds. The Labute approximate surface area is 205 Å². The van der Waals surface area contributed by atoms with Gasteiger partial charge >= 0.3 is 5.97 Å². The molecule has 0 aliphatic carbocycles. The van der Waals surface area contributed by atoms with Crippen molar-refractivity contribution in [3.8, 4) is 0 Å². The van der Waals surface area contributed by atoms with Gasteiger partial charge in [-0.2, -0.15) is 0 Å². The number of fused-ring (bicyclic) bond motifs is 1. The molecule has 0 fully saturated rings. The number of ether oxygens (including phenoxy) is 1.